The molecule has 1 unspecified atom stereocenters. The summed E-state index contributed by atoms with van der Waals surface area (Å²) in [5.74, 6) is -4.74. The van der Waals surface area contributed by atoms with Gasteiger partial charge in [-0.1, -0.05) is 114 Å². The minimum Gasteiger partial charge on any atom is -0.508 e. The second-order valence-electron chi connectivity index (χ2n) is 18.7. The molecule has 0 fully saturated rings. The van der Waals surface area contributed by atoms with E-state index in [9.17, 15) is 60.0 Å². The number of halogens is 1. The third-order valence-electron chi connectivity index (χ3n) is 12.0. The maximum Gasteiger partial charge on any atom is 0.303 e. The summed E-state index contributed by atoms with van der Waals surface area (Å²) in [6, 6.07) is 47.3. The molecule has 0 spiro atoms. The largest absolute Gasteiger partial charge is 0.508 e. The van der Waals surface area contributed by atoms with Gasteiger partial charge in [0.1, 0.15) is 115 Å². The number of allylic oxidation sites excluding steroid dienone is 1. The van der Waals surface area contributed by atoms with Crippen molar-refractivity contribution in [2.24, 2.45) is 0 Å². The molecule has 464 valence electrons. The van der Waals surface area contributed by atoms with Crippen molar-refractivity contribution in [1.82, 2.24) is 0 Å². The van der Waals surface area contributed by atoms with Crippen LogP contribution in [0.1, 0.15) is 78.7 Å². The Hall–Kier alpha value is -11.3. The fourth-order valence-corrected chi connectivity index (χ4v) is 7.80. The molecular formula is C67H63IO21. The van der Waals surface area contributed by atoms with Gasteiger partial charge in [0.25, 0.3) is 0 Å². The average molecular weight is 1330 g/mol. The lowest BCUT2D eigenvalue weighted by Gasteiger charge is -2.26. The smallest absolute Gasteiger partial charge is 0.303 e. The minimum absolute atomic E-state index is 0.0934. The minimum atomic E-state index is -0.803. The number of aliphatic carboxylic acids is 1. The van der Waals surface area contributed by atoms with E-state index < -0.39 is 46.6 Å². The SMILES string of the molecule is CI.O=C(/C=C/c1ccc(O)cc1)c1c(O)cc(O)cc1O.O=C(CCc1ccc(O)cc1)c1c(O)cc(O)cc1O.O=C(O)CCc1ccc(O)cc1.O=C1CC(c2ccc(O)cc2)Oc2cc(O)cc(O)c21.Oc1cc(O)cc(O)c1.c1ccccc1. The van der Waals surface area contributed by atoms with Gasteiger partial charge in [-0.25, -0.2) is 0 Å². The molecule has 0 radical (unpaired) electrons. The highest BCUT2D eigenvalue weighted by molar-refractivity contribution is 14.1. The molecule has 1 aliphatic heterocycles. The fourth-order valence-electron chi connectivity index (χ4n) is 7.80. The van der Waals surface area contributed by atoms with Crippen LogP contribution in [0.15, 0.2) is 194 Å². The van der Waals surface area contributed by atoms with Crippen molar-refractivity contribution in [2.75, 3.05) is 4.93 Å². The van der Waals surface area contributed by atoms with Gasteiger partial charge in [-0.2, -0.15) is 0 Å². The van der Waals surface area contributed by atoms with Gasteiger partial charge >= 0.3 is 5.97 Å². The summed E-state index contributed by atoms with van der Waals surface area (Å²) >= 11 is 2.15. The predicted molar refractivity (Wildman–Crippen MR) is 337 cm³/mol. The number of phenolic OH excluding ortho intramolecular Hbond substituents is 15. The van der Waals surface area contributed by atoms with Crippen LogP contribution < -0.4 is 4.74 Å². The van der Waals surface area contributed by atoms with E-state index >= 15 is 0 Å². The van der Waals surface area contributed by atoms with Crippen molar-refractivity contribution in [3.05, 3.63) is 233 Å². The Kier molecular flexibility index (Phi) is 27.8. The Morgan fingerprint density at radius 3 is 1.20 bits per heavy atom. The maximum atomic E-state index is 12.1. The van der Waals surface area contributed by atoms with E-state index in [0.29, 0.717) is 18.4 Å². The lowest BCUT2D eigenvalue weighted by Crippen LogP contribution is -2.20. The topological polar surface area (TPSA) is 401 Å². The molecular weight excluding hydrogens is 1270 g/mol. The molecule has 16 N–H and O–H groups in total. The summed E-state index contributed by atoms with van der Waals surface area (Å²) < 4.78 is 5.67. The van der Waals surface area contributed by atoms with Gasteiger partial charge in [-0.05, 0) is 94.6 Å². The molecule has 9 aromatic carbocycles. The number of ketones is 3. The first-order chi connectivity index (χ1) is 42.3. The number of benzene rings is 9. The first kappa shape index (κ1) is 70.2. The molecule has 1 atom stereocenters. The summed E-state index contributed by atoms with van der Waals surface area (Å²) in [5, 5.41) is 147. The predicted octanol–water partition coefficient (Wildman–Crippen LogP) is 12.2. The Bertz CT molecular complexity index is 3650. The Morgan fingerprint density at radius 2 is 0.787 bits per heavy atom. The normalized spacial score (nSPS) is 11.5. The van der Waals surface area contributed by atoms with Crippen LogP contribution in [0, 0.1) is 0 Å². The number of phenols is 15. The number of hydrogen-bond acceptors (Lipinski definition) is 20. The van der Waals surface area contributed by atoms with Gasteiger partial charge in [-0.3, -0.25) is 19.2 Å². The van der Waals surface area contributed by atoms with Gasteiger partial charge in [0.2, 0.25) is 0 Å². The second-order valence-corrected chi connectivity index (χ2v) is 18.7. The van der Waals surface area contributed by atoms with Crippen LogP contribution in [-0.2, 0) is 17.6 Å². The number of Topliss-reactive ketones (excluding diaryl/α,β-unsaturated/α-hetero) is 2. The van der Waals surface area contributed by atoms with E-state index in [1.807, 2.05) is 41.3 Å². The third-order valence-corrected chi connectivity index (χ3v) is 12.0. The van der Waals surface area contributed by atoms with Gasteiger partial charge in [0, 0.05) is 67.4 Å². The van der Waals surface area contributed by atoms with Gasteiger partial charge in [0.15, 0.2) is 17.3 Å². The Labute approximate surface area is 523 Å². The standard InChI is InChI=1S/C15H12O5.C15H14O5.C15H12O5.C9H10O3.C6H6O3.C6H6.CH3I/c16-9-3-1-8(2-4-9)13-7-12(19)15-11(18)5-10(17)6-14(15)20-13;2*16-10-4-1-9(2-5-10)3-6-12(18)15-13(19)7-11(17)8-14(15)20;10-8-4-1-7(2-5-8)3-6-9(11)12;7-4-1-5(8)3-6(9)2-4;1-2-4-6-5-3-1;1-2/h1-6,13,16-18H,7H2;1-2,4-5,7-8,16-17,19-20H,3,6H2;1-8,16-17,19-20H;1-2,4-5,10H,3,6H2,(H,11,12);1-3,7-9H;1-6H;1H3/b;;6-3+;;;;. The molecule has 1 aliphatic rings. The van der Waals surface area contributed by atoms with E-state index in [1.165, 1.54) is 54.6 Å². The van der Waals surface area contributed by atoms with Crippen molar-refractivity contribution >= 4 is 52.0 Å². The first-order valence-electron chi connectivity index (χ1n) is 26.3. The monoisotopic (exact) mass is 1330 g/mol. The number of aryl methyl sites for hydroxylation is 2. The van der Waals surface area contributed by atoms with Crippen LogP contribution >= 0.6 is 22.6 Å². The summed E-state index contributed by atoms with van der Waals surface area (Å²) in [6.45, 7) is 0. The molecule has 0 aromatic heterocycles. The highest BCUT2D eigenvalue weighted by Gasteiger charge is 2.31. The highest BCUT2D eigenvalue weighted by atomic mass is 127. The highest BCUT2D eigenvalue weighted by Crippen LogP contribution is 2.42. The molecule has 22 heteroatoms. The molecule has 89 heavy (non-hydrogen) atoms. The van der Waals surface area contributed by atoms with E-state index in [4.69, 9.17) is 45.6 Å². The zero-order chi connectivity index (χ0) is 65.7. The van der Waals surface area contributed by atoms with Crippen molar-refractivity contribution in [2.45, 2.75) is 38.2 Å². The molecule has 9 aromatic rings. The number of hydrogen-bond donors (Lipinski definition) is 16. The summed E-state index contributed by atoms with van der Waals surface area (Å²) in [5.41, 5.74) is 2.82. The number of aromatic hydroxyl groups is 15. The lowest BCUT2D eigenvalue weighted by atomic mass is 9.95. The Balaban J connectivity index is 0.000000235. The zero-order valence-electron chi connectivity index (χ0n) is 47.2. The number of alkyl halides is 1. The van der Waals surface area contributed by atoms with E-state index in [0.717, 1.165) is 65.2 Å². The number of rotatable bonds is 11. The van der Waals surface area contributed by atoms with Crippen molar-refractivity contribution < 1.29 is 106 Å². The molecule has 0 saturated heterocycles. The number of carbonyl (C=O) groups excluding carboxylic acids is 3. The van der Waals surface area contributed by atoms with Crippen molar-refractivity contribution in [3.63, 3.8) is 0 Å². The summed E-state index contributed by atoms with van der Waals surface area (Å²) in [7, 11) is 0. The number of carboxylic acid groups (broad SMARTS) is 1. The molecule has 21 nitrogen and oxygen atoms in total. The maximum absolute atomic E-state index is 12.1. The first-order valence-corrected chi connectivity index (χ1v) is 28.5. The molecule has 0 amide bonds. The average Bonchev–Trinajstić information content (AvgIpc) is 1.02. The second kappa shape index (κ2) is 35.3. The lowest BCUT2D eigenvalue weighted by molar-refractivity contribution is -0.137. The quantitative estimate of drug-likeness (QED) is 0.0247. The van der Waals surface area contributed by atoms with Gasteiger partial charge in [0.05, 0.1) is 6.42 Å². The molecule has 0 aliphatic carbocycles. The van der Waals surface area contributed by atoms with E-state index in [2.05, 4.69) is 22.6 Å². The summed E-state index contributed by atoms with van der Waals surface area (Å²) in [4.78, 5) is 48.1. The number of ether oxygens (including phenoxy) is 1. The van der Waals surface area contributed by atoms with Crippen LogP contribution in [0.3, 0.4) is 0 Å². The summed E-state index contributed by atoms with van der Waals surface area (Å²) in [6.07, 6.45) is 3.40. The molecule has 0 bridgehead atoms. The van der Waals surface area contributed by atoms with Crippen LogP contribution in [0.5, 0.6) is 92.0 Å². The van der Waals surface area contributed by atoms with Crippen LogP contribution in [0.4, 0.5) is 0 Å². The van der Waals surface area contributed by atoms with Crippen LogP contribution in [-0.4, -0.2) is 110 Å². The third kappa shape index (κ3) is 24.0. The fraction of sp³-hybridized carbons (Fsp3) is 0.104. The van der Waals surface area contributed by atoms with Gasteiger partial charge < -0.3 is 86.4 Å². The zero-order valence-corrected chi connectivity index (χ0v) is 49.4. The number of carboxylic acids is 1. The van der Waals surface area contributed by atoms with E-state index in [1.54, 1.807) is 60.7 Å². The molecule has 0 saturated carbocycles. The molecule has 1 heterocycles. The van der Waals surface area contributed by atoms with Crippen molar-refractivity contribution in [1.29, 1.82) is 0 Å². The van der Waals surface area contributed by atoms with Crippen LogP contribution in [0.25, 0.3) is 6.08 Å². The number of carbonyl (C=O) groups is 4. The van der Waals surface area contributed by atoms with Crippen LogP contribution in [0.2, 0.25) is 0 Å². The van der Waals surface area contributed by atoms with Gasteiger partial charge in [-0.15, -0.1) is 0 Å². The molecule has 10 rings (SSSR count). The number of fused-ring (bicyclic) bond motifs is 1. The van der Waals surface area contributed by atoms with Crippen molar-refractivity contribution in [3.8, 4) is 92.0 Å². The van der Waals surface area contributed by atoms with E-state index in [-0.39, 0.29) is 111 Å². The Morgan fingerprint density at radius 1 is 0.438 bits per heavy atom.